The summed E-state index contributed by atoms with van der Waals surface area (Å²) in [6.45, 7) is 2.15. The van der Waals surface area contributed by atoms with E-state index in [0.717, 1.165) is 10.2 Å². The maximum atomic E-state index is 11.4. The molecule has 2 rings (SSSR count). The molecule has 5 heteroatoms. The Morgan fingerprint density at radius 3 is 3.13 bits per heavy atom. The number of hydrogen-bond acceptors (Lipinski definition) is 4. The number of thiophene rings is 1. The average Bonchev–Trinajstić information content (AvgIpc) is 2.60. The monoisotopic (exact) mass is 241 g/mol. The minimum atomic E-state index is -0.309. The number of hydrogen-bond donors (Lipinski definition) is 0. The third kappa shape index (κ3) is 2.11. The lowest BCUT2D eigenvalue weighted by Crippen LogP contribution is -2.01. The summed E-state index contributed by atoms with van der Waals surface area (Å²) in [5, 5.41) is 1.34. The summed E-state index contributed by atoms with van der Waals surface area (Å²) in [5.74, 6) is -0.309. The van der Waals surface area contributed by atoms with Crippen LogP contribution in [0.1, 0.15) is 16.6 Å². The lowest BCUT2D eigenvalue weighted by Gasteiger charge is -1.95. The molecule has 0 N–H and O–H groups in total. The van der Waals surface area contributed by atoms with Crippen molar-refractivity contribution in [2.24, 2.45) is 0 Å². The molecule has 15 heavy (non-hydrogen) atoms. The highest BCUT2D eigenvalue weighted by Crippen LogP contribution is 2.25. The number of ether oxygens (including phenoxy) is 1. The van der Waals surface area contributed by atoms with Crippen LogP contribution >= 0.6 is 22.9 Å². The third-order valence-electron chi connectivity index (χ3n) is 1.83. The van der Waals surface area contributed by atoms with E-state index in [9.17, 15) is 4.79 Å². The van der Waals surface area contributed by atoms with Crippen LogP contribution in [0, 0.1) is 0 Å². The van der Waals surface area contributed by atoms with E-state index in [4.69, 9.17) is 16.3 Å². The number of rotatable bonds is 2. The first kappa shape index (κ1) is 10.4. The van der Waals surface area contributed by atoms with E-state index in [1.54, 1.807) is 19.1 Å². The fourth-order valence-corrected chi connectivity index (χ4v) is 2.32. The third-order valence-corrected chi connectivity index (χ3v) is 3.06. The normalized spacial score (nSPS) is 10.5. The largest absolute Gasteiger partial charge is 0.462 e. The second kappa shape index (κ2) is 4.16. The molecule has 0 bridgehead atoms. The van der Waals surface area contributed by atoms with Gasteiger partial charge in [0.05, 0.1) is 6.61 Å². The lowest BCUT2D eigenvalue weighted by molar-refractivity contribution is 0.0532. The Kier molecular flexibility index (Phi) is 2.88. The van der Waals surface area contributed by atoms with Gasteiger partial charge in [0.2, 0.25) is 0 Å². The number of carbonyl (C=O) groups excluding carboxylic acids is 1. The predicted octanol–water partition coefficient (Wildman–Crippen LogP) is 3.13. The Hall–Kier alpha value is -1.13. The quantitative estimate of drug-likeness (QED) is 0.599. The van der Waals surface area contributed by atoms with Crippen molar-refractivity contribution in [3.8, 4) is 0 Å². The molecule has 0 saturated carbocycles. The summed E-state index contributed by atoms with van der Waals surface area (Å²) in [7, 11) is 0. The van der Waals surface area contributed by atoms with E-state index in [1.165, 1.54) is 11.3 Å². The minimum absolute atomic E-state index is 0.309. The minimum Gasteiger partial charge on any atom is -0.462 e. The highest BCUT2D eigenvalue weighted by atomic mass is 35.5. The number of pyridine rings is 1. The first-order valence-electron chi connectivity index (χ1n) is 4.44. The number of fused-ring (bicyclic) bond motifs is 1. The molecule has 0 atom stereocenters. The molecule has 0 aliphatic heterocycles. The van der Waals surface area contributed by atoms with Crippen molar-refractivity contribution < 1.29 is 9.53 Å². The van der Waals surface area contributed by atoms with Crippen molar-refractivity contribution in [3.05, 3.63) is 28.2 Å². The van der Waals surface area contributed by atoms with Gasteiger partial charge >= 0.3 is 5.97 Å². The van der Waals surface area contributed by atoms with E-state index in [2.05, 4.69) is 4.98 Å². The first-order chi connectivity index (χ1) is 7.20. The van der Waals surface area contributed by atoms with Crippen molar-refractivity contribution in [3.63, 3.8) is 0 Å². The topological polar surface area (TPSA) is 39.2 Å². The van der Waals surface area contributed by atoms with E-state index in [1.807, 2.05) is 6.07 Å². The molecule has 0 unspecified atom stereocenters. The zero-order chi connectivity index (χ0) is 10.8. The summed E-state index contributed by atoms with van der Waals surface area (Å²) < 4.78 is 4.90. The van der Waals surface area contributed by atoms with Crippen LogP contribution in [0.15, 0.2) is 18.2 Å². The van der Waals surface area contributed by atoms with Gasteiger partial charge in [-0.05, 0) is 25.1 Å². The molecule has 0 aliphatic carbocycles. The molecule has 0 saturated heterocycles. The van der Waals surface area contributed by atoms with E-state index >= 15 is 0 Å². The van der Waals surface area contributed by atoms with Gasteiger partial charge in [0.25, 0.3) is 0 Å². The van der Waals surface area contributed by atoms with Crippen LogP contribution in [-0.2, 0) is 4.74 Å². The molecule has 2 heterocycles. The summed E-state index contributed by atoms with van der Waals surface area (Å²) in [4.78, 5) is 16.9. The van der Waals surface area contributed by atoms with Crippen LogP contribution in [0.5, 0.6) is 0 Å². The van der Waals surface area contributed by atoms with Crippen molar-refractivity contribution in [2.75, 3.05) is 6.61 Å². The molecule has 0 spiro atoms. The van der Waals surface area contributed by atoms with Gasteiger partial charge in [-0.15, -0.1) is 11.3 Å². The zero-order valence-corrected chi connectivity index (χ0v) is 9.56. The molecule has 2 aromatic heterocycles. The maximum Gasteiger partial charge on any atom is 0.348 e. The fourth-order valence-electron chi connectivity index (χ4n) is 1.20. The Morgan fingerprint density at radius 1 is 1.60 bits per heavy atom. The highest BCUT2D eigenvalue weighted by Gasteiger charge is 2.11. The Bertz CT molecular complexity index is 509. The summed E-state index contributed by atoms with van der Waals surface area (Å²) >= 11 is 7.04. The molecular formula is C10H8ClNO2S. The number of carbonyl (C=O) groups is 1. The summed E-state index contributed by atoms with van der Waals surface area (Å²) in [6.07, 6.45) is 0. The van der Waals surface area contributed by atoms with Crippen LogP contribution in [0.2, 0.25) is 5.15 Å². The zero-order valence-electron chi connectivity index (χ0n) is 7.99. The molecular weight excluding hydrogens is 234 g/mol. The number of halogens is 1. The maximum absolute atomic E-state index is 11.4. The lowest BCUT2D eigenvalue weighted by atomic mass is 10.3. The van der Waals surface area contributed by atoms with E-state index in [-0.39, 0.29) is 5.97 Å². The Labute approximate surface area is 95.6 Å². The van der Waals surface area contributed by atoms with Gasteiger partial charge in [-0.1, -0.05) is 11.6 Å². The SMILES string of the molecule is CCOC(=O)c1cc2ccc(Cl)nc2s1. The Balaban J connectivity index is 2.42. The smallest absolute Gasteiger partial charge is 0.348 e. The van der Waals surface area contributed by atoms with Gasteiger partial charge in [-0.3, -0.25) is 0 Å². The molecule has 0 aliphatic rings. The predicted molar refractivity (Wildman–Crippen MR) is 60.6 cm³/mol. The van der Waals surface area contributed by atoms with Crippen molar-refractivity contribution in [2.45, 2.75) is 6.92 Å². The molecule has 78 valence electrons. The molecule has 0 fully saturated rings. The second-order valence-corrected chi connectivity index (χ2v) is 4.28. The number of esters is 1. The van der Waals surface area contributed by atoms with Gasteiger partial charge in [0.15, 0.2) is 0 Å². The van der Waals surface area contributed by atoms with Crippen molar-refractivity contribution >= 4 is 39.1 Å². The van der Waals surface area contributed by atoms with E-state index < -0.39 is 0 Å². The van der Waals surface area contributed by atoms with Gasteiger partial charge in [-0.25, -0.2) is 9.78 Å². The molecule has 2 aromatic rings. The van der Waals surface area contributed by atoms with Gasteiger partial charge in [-0.2, -0.15) is 0 Å². The second-order valence-electron chi connectivity index (χ2n) is 2.86. The highest BCUT2D eigenvalue weighted by molar-refractivity contribution is 7.20. The van der Waals surface area contributed by atoms with Crippen LogP contribution in [-0.4, -0.2) is 17.6 Å². The summed E-state index contributed by atoms with van der Waals surface area (Å²) in [6, 6.07) is 5.30. The van der Waals surface area contributed by atoms with Crippen LogP contribution in [0.4, 0.5) is 0 Å². The van der Waals surface area contributed by atoms with Crippen LogP contribution < -0.4 is 0 Å². The van der Waals surface area contributed by atoms with Crippen molar-refractivity contribution in [1.29, 1.82) is 0 Å². The van der Waals surface area contributed by atoms with Gasteiger partial charge in [0, 0.05) is 5.39 Å². The van der Waals surface area contributed by atoms with Crippen molar-refractivity contribution in [1.82, 2.24) is 4.98 Å². The molecule has 0 aromatic carbocycles. The number of nitrogens with zero attached hydrogens (tertiary/aromatic N) is 1. The van der Waals surface area contributed by atoms with Crippen LogP contribution in [0.25, 0.3) is 10.2 Å². The van der Waals surface area contributed by atoms with Gasteiger partial charge in [0.1, 0.15) is 14.9 Å². The summed E-state index contributed by atoms with van der Waals surface area (Å²) in [5.41, 5.74) is 0. The fraction of sp³-hybridized carbons (Fsp3) is 0.200. The van der Waals surface area contributed by atoms with E-state index in [0.29, 0.717) is 16.6 Å². The first-order valence-corrected chi connectivity index (χ1v) is 5.63. The number of aromatic nitrogens is 1. The van der Waals surface area contributed by atoms with Crippen LogP contribution in [0.3, 0.4) is 0 Å². The molecule has 3 nitrogen and oxygen atoms in total. The Morgan fingerprint density at radius 2 is 2.40 bits per heavy atom. The standard InChI is InChI=1S/C10H8ClNO2S/c1-2-14-10(13)7-5-6-3-4-8(11)12-9(6)15-7/h3-5H,2H2,1H3. The molecule has 0 amide bonds. The van der Waals surface area contributed by atoms with Gasteiger partial charge < -0.3 is 4.74 Å². The molecule has 0 radical (unpaired) electrons. The average molecular weight is 242 g/mol.